The van der Waals surface area contributed by atoms with E-state index in [-0.39, 0.29) is 23.0 Å². The standard InChI is InChI=1S/C26H27BrClN3O4S/c1-18-12-13-22(28)15-24(18)31(36(34,35)23-10-5-4-6-11-23)17-25(32)30(19(2)26(33)29-3)16-20-8-7-9-21(27)14-20/h4-15,19H,16-17H2,1-3H3,(H,29,33). The second-order valence-electron chi connectivity index (χ2n) is 8.20. The highest BCUT2D eigenvalue weighted by atomic mass is 79.9. The summed E-state index contributed by atoms with van der Waals surface area (Å²) in [5.41, 5.74) is 1.70. The number of aryl methyl sites for hydroxylation is 1. The number of carbonyl (C=O) groups excluding carboxylic acids is 2. The number of sulfonamides is 1. The van der Waals surface area contributed by atoms with E-state index < -0.39 is 28.5 Å². The minimum atomic E-state index is -4.13. The lowest BCUT2D eigenvalue weighted by atomic mass is 10.1. The molecule has 0 bridgehead atoms. The SMILES string of the molecule is CNC(=O)C(C)N(Cc1cccc(Br)c1)C(=O)CN(c1cc(Cl)ccc1C)S(=O)(=O)c1ccccc1. The van der Waals surface area contributed by atoms with Gasteiger partial charge in [0.25, 0.3) is 10.0 Å². The maximum Gasteiger partial charge on any atom is 0.264 e. The van der Waals surface area contributed by atoms with Gasteiger partial charge in [-0.15, -0.1) is 0 Å². The summed E-state index contributed by atoms with van der Waals surface area (Å²) in [6.45, 7) is 2.94. The average Bonchev–Trinajstić information content (AvgIpc) is 2.86. The summed E-state index contributed by atoms with van der Waals surface area (Å²) in [4.78, 5) is 27.7. The first-order valence-corrected chi connectivity index (χ1v) is 13.7. The van der Waals surface area contributed by atoms with Crippen LogP contribution in [-0.4, -0.2) is 44.8 Å². The predicted octanol–water partition coefficient (Wildman–Crippen LogP) is 4.77. The monoisotopic (exact) mass is 591 g/mol. The van der Waals surface area contributed by atoms with Gasteiger partial charge in [-0.1, -0.05) is 63.9 Å². The highest BCUT2D eigenvalue weighted by Gasteiger charge is 2.33. The number of carbonyl (C=O) groups is 2. The van der Waals surface area contributed by atoms with Crippen LogP contribution in [0.1, 0.15) is 18.1 Å². The molecule has 0 radical (unpaired) electrons. The van der Waals surface area contributed by atoms with Gasteiger partial charge in [0.05, 0.1) is 10.6 Å². The van der Waals surface area contributed by atoms with E-state index >= 15 is 0 Å². The Morgan fingerprint density at radius 3 is 2.36 bits per heavy atom. The van der Waals surface area contributed by atoms with E-state index in [1.54, 1.807) is 44.2 Å². The molecule has 10 heteroatoms. The first-order chi connectivity index (χ1) is 17.0. The molecule has 0 saturated carbocycles. The summed E-state index contributed by atoms with van der Waals surface area (Å²) < 4.78 is 29.4. The fourth-order valence-corrected chi connectivity index (χ4v) is 5.81. The molecule has 0 aromatic heterocycles. The molecule has 1 atom stereocenters. The maximum absolute atomic E-state index is 13.7. The molecule has 7 nitrogen and oxygen atoms in total. The molecule has 0 aliphatic rings. The predicted molar refractivity (Wildman–Crippen MR) is 145 cm³/mol. The number of nitrogens with zero attached hydrogens (tertiary/aromatic N) is 2. The minimum absolute atomic E-state index is 0.0371. The zero-order valence-electron chi connectivity index (χ0n) is 20.1. The van der Waals surface area contributed by atoms with Crippen LogP contribution >= 0.6 is 27.5 Å². The van der Waals surface area contributed by atoms with Crippen molar-refractivity contribution >= 4 is 55.1 Å². The van der Waals surface area contributed by atoms with E-state index in [1.165, 1.54) is 30.1 Å². The number of anilines is 1. The summed E-state index contributed by atoms with van der Waals surface area (Å²) in [6, 6.07) is 19.3. The summed E-state index contributed by atoms with van der Waals surface area (Å²) in [7, 11) is -2.65. The zero-order valence-corrected chi connectivity index (χ0v) is 23.3. The minimum Gasteiger partial charge on any atom is -0.357 e. The Labute approximate surface area is 225 Å². The highest BCUT2D eigenvalue weighted by molar-refractivity contribution is 9.10. The van der Waals surface area contributed by atoms with E-state index in [9.17, 15) is 18.0 Å². The highest BCUT2D eigenvalue weighted by Crippen LogP contribution is 2.30. The van der Waals surface area contributed by atoms with Crippen LogP contribution in [0, 0.1) is 6.92 Å². The molecule has 3 rings (SSSR count). The average molecular weight is 593 g/mol. The Kier molecular flexibility index (Phi) is 9.16. The lowest BCUT2D eigenvalue weighted by molar-refractivity contribution is -0.139. The van der Waals surface area contributed by atoms with Crippen molar-refractivity contribution in [2.24, 2.45) is 0 Å². The van der Waals surface area contributed by atoms with E-state index in [4.69, 9.17) is 11.6 Å². The van der Waals surface area contributed by atoms with Gasteiger partial charge in [-0.2, -0.15) is 0 Å². The fraction of sp³-hybridized carbons (Fsp3) is 0.231. The molecule has 0 aliphatic carbocycles. The third-order valence-electron chi connectivity index (χ3n) is 5.71. The molecule has 3 aromatic carbocycles. The van der Waals surface area contributed by atoms with Crippen molar-refractivity contribution in [3.8, 4) is 0 Å². The Morgan fingerprint density at radius 1 is 1.03 bits per heavy atom. The molecule has 36 heavy (non-hydrogen) atoms. The van der Waals surface area contributed by atoms with Gasteiger partial charge in [-0.3, -0.25) is 13.9 Å². The molecule has 190 valence electrons. The lowest BCUT2D eigenvalue weighted by Crippen LogP contribution is -2.50. The molecule has 0 fully saturated rings. The fourth-order valence-electron chi connectivity index (χ4n) is 3.71. The zero-order chi connectivity index (χ0) is 26.5. The van der Waals surface area contributed by atoms with Crippen LogP contribution in [0.4, 0.5) is 5.69 Å². The number of nitrogens with one attached hydrogen (secondary N) is 1. The molecule has 1 unspecified atom stereocenters. The van der Waals surface area contributed by atoms with Crippen LogP contribution in [0.5, 0.6) is 0 Å². The summed E-state index contributed by atoms with van der Waals surface area (Å²) in [5.74, 6) is -0.903. The van der Waals surface area contributed by atoms with Gasteiger partial charge in [0.15, 0.2) is 0 Å². The third kappa shape index (κ3) is 6.46. The van der Waals surface area contributed by atoms with E-state index in [0.29, 0.717) is 10.6 Å². The summed E-state index contributed by atoms with van der Waals surface area (Å²) in [5, 5.41) is 2.90. The van der Waals surface area contributed by atoms with Crippen molar-refractivity contribution in [2.45, 2.75) is 31.3 Å². The van der Waals surface area contributed by atoms with Crippen molar-refractivity contribution in [2.75, 3.05) is 17.9 Å². The molecule has 0 heterocycles. The van der Waals surface area contributed by atoms with E-state index in [2.05, 4.69) is 21.2 Å². The van der Waals surface area contributed by atoms with Gasteiger partial charge < -0.3 is 10.2 Å². The molecule has 1 N–H and O–H groups in total. The number of benzene rings is 3. The molecule has 0 aliphatic heterocycles. The number of rotatable bonds is 9. The van der Waals surface area contributed by atoms with Crippen LogP contribution in [0.3, 0.4) is 0 Å². The van der Waals surface area contributed by atoms with Crippen LogP contribution in [0.25, 0.3) is 0 Å². The van der Waals surface area contributed by atoms with E-state index in [0.717, 1.165) is 14.3 Å². The largest absolute Gasteiger partial charge is 0.357 e. The number of halogens is 2. The van der Waals surface area contributed by atoms with Crippen molar-refractivity contribution in [3.05, 3.63) is 93.4 Å². The first kappa shape index (κ1) is 27.7. The number of amides is 2. The Bertz CT molecular complexity index is 1350. The van der Waals surface area contributed by atoms with Crippen molar-refractivity contribution in [3.63, 3.8) is 0 Å². The van der Waals surface area contributed by atoms with Crippen LogP contribution in [0.15, 0.2) is 82.2 Å². The van der Waals surface area contributed by atoms with Gasteiger partial charge in [0.1, 0.15) is 12.6 Å². The van der Waals surface area contributed by atoms with E-state index in [1.807, 2.05) is 24.3 Å². The lowest BCUT2D eigenvalue weighted by Gasteiger charge is -2.32. The Morgan fingerprint density at radius 2 is 1.72 bits per heavy atom. The number of likely N-dealkylation sites (N-methyl/N-ethyl adjacent to an activating group) is 1. The second kappa shape index (κ2) is 11.9. The second-order valence-corrected chi connectivity index (χ2v) is 11.4. The Hall–Kier alpha value is -2.88. The quantitative estimate of drug-likeness (QED) is 0.388. The molecular formula is C26H27BrClN3O4S. The third-order valence-corrected chi connectivity index (χ3v) is 8.21. The van der Waals surface area contributed by atoms with Gasteiger partial charge >= 0.3 is 0 Å². The molecule has 0 saturated heterocycles. The van der Waals surface area contributed by atoms with Crippen molar-refractivity contribution < 1.29 is 18.0 Å². The number of hydrogen-bond acceptors (Lipinski definition) is 4. The van der Waals surface area contributed by atoms with Crippen LogP contribution in [-0.2, 0) is 26.2 Å². The topological polar surface area (TPSA) is 86.8 Å². The normalized spacial score (nSPS) is 12.0. The molecular weight excluding hydrogens is 566 g/mol. The Balaban J connectivity index is 2.07. The first-order valence-electron chi connectivity index (χ1n) is 11.1. The van der Waals surface area contributed by atoms with Gasteiger partial charge in [0, 0.05) is 23.1 Å². The maximum atomic E-state index is 13.7. The van der Waals surface area contributed by atoms with Crippen molar-refractivity contribution in [1.29, 1.82) is 0 Å². The summed E-state index contributed by atoms with van der Waals surface area (Å²) in [6.07, 6.45) is 0. The number of hydrogen-bond donors (Lipinski definition) is 1. The van der Waals surface area contributed by atoms with Crippen LogP contribution in [0.2, 0.25) is 5.02 Å². The van der Waals surface area contributed by atoms with Gasteiger partial charge in [-0.05, 0) is 61.4 Å². The van der Waals surface area contributed by atoms with Gasteiger partial charge in [-0.25, -0.2) is 8.42 Å². The smallest absolute Gasteiger partial charge is 0.264 e. The molecule has 3 aromatic rings. The molecule has 0 spiro atoms. The van der Waals surface area contributed by atoms with Gasteiger partial charge in [0.2, 0.25) is 11.8 Å². The summed E-state index contributed by atoms with van der Waals surface area (Å²) >= 11 is 9.64. The molecule has 2 amide bonds. The van der Waals surface area contributed by atoms with Crippen LogP contribution < -0.4 is 9.62 Å². The van der Waals surface area contributed by atoms with Crippen molar-refractivity contribution in [1.82, 2.24) is 10.2 Å².